The van der Waals surface area contributed by atoms with Crippen LogP contribution < -0.4 is 15.8 Å². The molecule has 0 fully saturated rings. The number of H-pyrrole nitrogens is 2. The number of nitrogens with zero attached hydrogens (tertiary/aromatic N) is 1. The van der Waals surface area contributed by atoms with Crippen LogP contribution in [-0.4, -0.2) is 21.0 Å². The Morgan fingerprint density at radius 1 is 1.13 bits per heavy atom. The largest absolute Gasteiger partial charge is 0.454 e. The Morgan fingerprint density at radius 2 is 1.95 bits per heavy atom. The number of carbonyl (C=O) groups excluding carboxylic acids is 1. The second-order valence-corrected chi connectivity index (χ2v) is 8.55. The van der Waals surface area contributed by atoms with Crippen molar-refractivity contribution >= 4 is 22.4 Å². The lowest BCUT2D eigenvalue weighted by molar-refractivity contribution is 0.103. The summed E-state index contributed by atoms with van der Waals surface area (Å²) in [5.74, 6) is -2.21. The van der Waals surface area contributed by atoms with Crippen molar-refractivity contribution in [2.24, 2.45) is 5.73 Å². The summed E-state index contributed by atoms with van der Waals surface area (Å²) in [4.78, 5) is 16.6. The average molecular weight is 512 g/mol. The molecule has 0 atom stereocenters. The van der Waals surface area contributed by atoms with Gasteiger partial charge in [-0.25, -0.2) is 4.39 Å². The van der Waals surface area contributed by atoms with Crippen molar-refractivity contribution in [3.8, 4) is 22.6 Å². The Labute approximate surface area is 216 Å². The molecular weight excluding hydrogens is 488 g/mol. The molecule has 0 saturated carbocycles. The van der Waals surface area contributed by atoms with Gasteiger partial charge in [0.2, 0.25) is 11.6 Å². The molecule has 0 amide bonds. The molecular formula is C29H23F2N5O2. The lowest BCUT2D eigenvalue weighted by Crippen LogP contribution is -2.17. The number of hydrogen-bond donors (Lipinski definition) is 4. The van der Waals surface area contributed by atoms with Gasteiger partial charge in [0.15, 0.2) is 11.6 Å². The fourth-order valence-corrected chi connectivity index (χ4v) is 4.14. The van der Waals surface area contributed by atoms with E-state index in [0.717, 1.165) is 28.1 Å². The third-order valence-corrected chi connectivity index (χ3v) is 6.07. The summed E-state index contributed by atoms with van der Waals surface area (Å²) < 4.78 is 32.9. The minimum atomic E-state index is -1.07. The Hall–Kier alpha value is -5.18. The van der Waals surface area contributed by atoms with Crippen molar-refractivity contribution in [1.82, 2.24) is 15.2 Å². The second kappa shape index (κ2) is 10.1. The first-order valence-corrected chi connectivity index (χ1v) is 11.6. The van der Waals surface area contributed by atoms with Gasteiger partial charge < -0.3 is 20.8 Å². The molecule has 0 spiro atoms. The van der Waals surface area contributed by atoms with Gasteiger partial charge in [0.05, 0.1) is 17.5 Å². The topological polar surface area (TPSA) is 109 Å². The number of aromatic amines is 2. The van der Waals surface area contributed by atoms with Gasteiger partial charge in [0, 0.05) is 28.4 Å². The molecule has 0 aliphatic carbocycles. The number of ketones is 1. The molecule has 9 heteroatoms. The van der Waals surface area contributed by atoms with Crippen LogP contribution in [0, 0.1) is 18.6 Å². The summed E-state index contributed by atoms with van der Waals surface area (Å²) >= 11 is 0. The van der Waals surface area contributed by atoms with Crippen LogP contribution in [0.5, 0.6) is 11.5 Å². The number of allylic oxidation sites excluding steroid dienone is 2. The molecule has 0 aliphatic heterocycles. The normalized spacial score (nSPS) is 11.8. The van der Waals surface area contributed by atoms with E-state index in [1.807, 2.05) is 18.2 Å². The second-order valence-electron chi connectivity index (χ2n) is 8.55. The van der Waals surface area contributed by atoms with Crippen molar-refractivity contribution in [1.29, 1.82) is 0 Å². The molecule has 0 unspecified atom stereocenters. The number of hydrogen-bond acceptors (Lipinski definition) is 5. The minimum absolute atomic E-state index is 0.103. The number of anilines is 1. The minimum Gasteiger partial charge on any atom is -0.454 e. The maximum Gasteiger partial charge on any atom is 0.212 e. The first-order chi connectivity index (χ1) is 18.4. The summed E-state index contributed by atoms with van der Waals surface area (Å²) in [6.45, 7) is 5.56. The van der Waals surface area contributed by atoms with E-state index >= 15 is 0 Å². The molecule has 5 N–H and O–H groups in total. The van der Waals surface area contributed by atoms with Gasteiger partial charge in [0.1, 0.15) is 11.6 Å². The number of rotatable bonds is 8. The van der Waals surface area contributed by atoms with Crippen molar-refractivity contribution in [3.63, 3.8) is 0 Å². The quantitative estimate of drug-likeness (QED) is 0.107. The zero-order chi connectivity index (χ0) is 26.8. The van der Waals surface area contributed by atoms with Gasteiger partial charge in [-0.1, -0.05) is 30.9 Å². The molecule has 2 heterocycles. The fraction of sp³-hybridized carbons (Fsp3) is 0.0345. The van der Waals surface area contributed by atoms with Crippen molar-refractivity contribution < 1.29 is 18.3 Å². The van der Waals surface area contributed by atoms with Gasteiger partial charge in [-0.3, -0.25) is 9.89 Å². The predicted octanol–water partition coefficient (Wildman–Crippen LogP) is 6.59. The summed E-state index contributed by atoms with van der Waals surface area (Å²) in [6.07, 6.45) is 4.90. The highest BCUT2D eigenvalue weighted by molar-refractivity contribution is 6.13. The lowest BCUT2D eigenvalue weighted by atomic mass is 10.0. The number of fused-ring (bicyclic) bond motifs is 1. The molecule has 5 rings (SSSR count). The Morgan fingerprint density at radius 3 is 2.68 bits per heavy atom. The number of ether oxygens (including phenoxy) is 1. The van der Waals surface area contributed by atoms with E-state index in [4.69, 9.17) is 10.5 Å². The highest BCUT2D eigenvalue weighted by Crippen LogP contribution is 2.31. The molecule has 38 heavy (non-hydrogen) atoms. The zero-order valence-corrected chi connectivity index (χ0v) is 20.3. The van der Waals surface area contributed by atoms with E-state index in [1.54, 1.807) is 43.6 Å². The fourth-order valence-electron chi connectivity index (χ4n) is 4.14. The maximum atomic E-state index is 14.0. The summed E-state index contributed by atoms with van der Waals surface area (Å²) in [7, 11) is 0. The number of halogens is 2. The average Bonchev–Trinajstić information content (AvgIpc) is 3.59. The first kappa shape index (κ1) is 24.5. The molecule has 7 nitrogen and oxygen atoms in total. The molecule has 5 aromatic rings. The molecule has 2 aromatic heterocycles. The maximum absolute atomic E-state index is 14.0. The Bertz CT molecular complexity index is 1700. The van der Waals surface area contributed by atoms with Crippen LogP contribution in [0.25, 0.3) is 22.0 Å². The zero-order valence-electron chi connectivity index (χ0n) is 20.3. The van der Waals surface area contributed by atoms with Crippen LogP contribution in [-0.2, 0) is 0 Å². The van der Waals surface area contributed by atoms with Crippen LogP contribution in [0.3, 0.4) is 0 Å². The van der Waals surface area contributed by atoms with Crippen LogP contribution in [0.2, 0.25) is 0 Å². The monoisotopic (exact) mass is 511 g/mol. The Balaban J connectivity index is 1.40. The number of nitrogens with two attached hydrogens (primary N) is 1. The third kappa shape index (κ3) is 4.64. The lowest BCUT2D eigenvalue weighted by Gasteiger charge is -2.14. The van der Waals surface area contributed by atoms with Gasteiger partial charge in [-0.05, 0) is 60.5 Å². The standard InChI is InChI=1S/C29H23F2N5O2/c1-3-19(28(37)25-13-21-20(17-14-33-34-15-17)6-4-8-24(21)35-25)29(32)36-23-11-10-18(12-16(23)2)38-26-9-5-7-22(30)27(26)31/h3-15,35-36H,1,32H2,2H3,(H,33,34)/b29-19+. The van der Waals surface area contributed by atoms with Crippen LogP contribution in [0.15, 0.2) is 97.1 Å². The summed E-state index contributed by atoms with van der Waals surface area (Å²) in [5, 5.41) is 10.7. The first-order valence-electron chi connectivity index (χ1n) is 11.6. The highest BCUT2D eigenvalue weighted by atomic mass is 19.2. The van der Waals surface area contributed by atoms with E-state index in [1.165, 1.54) is 18.2 Å². The molecule has 0 aliphatic rings. The molecule has 0 saturated heterocycles. The summed E-state index contributed by atoms with van der Waals surface area (Å²) in [5.41, 5.74) is 10.8. The van der Waals surface area contributed by atoms with Gasteiger partial charge >= 0.3 is 0 Å². The van der Waals surface area contributed by atoms with Crippen LogP contribution in [0.4, 0.5) is 14.5 Å². The molecule has 3 aromatic carbocycles. The Kier molecular flexibility index (Phi) is 6.49. The SMILES string of the molecule is C=C/C(C(=O)c1cc2c(-c3cn[nH]c3)cccc2[nH]1)=C(/N)Nc1ccc(Oc2cccc(F)c2F)cc1C. The number of aromatic nitrogens is 3. The van der Waals surface area contributed by atoms with Gasteiger partial charge in [0.25, 0.3) is 0 Å². The molecule has 0 bridgehead atoms. The number of nitrogens with one attached hydrogen (secondary N) is 3. The van der Waals surface area contributed by atoms with Crippen LogP contribution in [0.1, 0.15) is 16.1 Å². The smallest absolute Gasteiger partial charge is 0.212 e. The van der Waals surface area contributed by atoms with Crippen molar-refractivity contribution in [2.45, 2.75) is 6.92 Å². The van der Waals surface area contributed by atoms with Crippen LogP contribution >= 0.6 is 0 Å². The molecule has 190 valence electrons. The number of benzene rings is 3. The van der Waals surface area contributed by atoms with Gasteiger partial charge in [-0.15, -0.1) is 0 Å². The molecule has 0 radical (unpaired) electrons. The van der Waals surface area contributed by atoms with Crippen molar-refractivity contribution in [2.75, 3.05) is 5.32 Å². The predicted molar refractivity (Wildman–Crippen MR) is 143 cm³/mol. The van der Waals surface area contributed by atoms with E-state index in [-0.39, 0.29) is 22.9 Å². The van der Waals surface area contributed by atoms with Gasteiger partial charge in [-0.2, -0.15) is 9.49 Å². The van der Waals surface area contributed by atoms with Crippen molar-refractivity contribution in [3.05, 3.63) is 120 Å². The summed E-state index contributed by atoms with van der Waals surface area (Å²) in [6, 6.07) is 16.1. The van der Waals surface area contributed by atoms with E-state index in [9.17, 15) is 13.6 Å². The van der Waals surface area contributed by atoms with E-state index in [2.05, 4.69) is 27.1 Å². The number of aryl methyl sites for hydroxylation is 1. The van der Waals surface area contributed by atoms with E-state index < -0.39 is 11.6 Å². The number of carbonyl (C=O) groups is 1. The highest BCUT2D eigenvalue weighted by Gasteiger charge is 2.18. The van der Waals surface area contributed by atoms with E-state index in [0.29, 0.717) is 22.7 Å². The third-order valence-electron chi connectivity index (χ3n) is 6.07. The number of Topliss-reactive ketones (excluding diaryl/α,β-unsaturated/α-hetero) is 1.